The third-order valence-electron chi connectivity index (χ3n) is 4.27. The number of amides is 2. The zero-order valence-corrected chi connectivity index (χ0v) is 16.6. The fourth-order valence-electron chi connectivity index (χ4n) is 2.77. The number of rotatable bonds is 8. The van der Waals surface area contributed by atoms with Crippen LogP contribution in [-0.2, 0) is 22.4 Å². The lowest BCUT2D eigenvalue weighted by Gasteiger charge is -2.04. The number of carbonyl (C=O) groups excluding carboxylic acids is 2. The van der Waals surface area contributed by atoms with E-state index in [-0.39, 0.29) is 11.8 Å². The Kier molecular flexibility index (Phi) is 6.92. The van der Waals surface area contributed by atoms with Gasteiger partial charge in [0.15, 0.2) is 5.13 Å². The van der Waals surface area contributed by atoms with Gasteiger partial charge in [-0.25, -0.2) is 4.98 Å². The second-order valence-corrected chi connectivity index (χ2v) is 7.36. The van der Waals surface area contributed by atoms with Gasteiger partial charge in [0.25, 0.3) is 0 Å². The number of carbonyl (C=O) groups is 2. The monoisotopic (exact) mass is 393 g/mol. The van der Waals surface area contributed by atoms with Crippen LogP contribution in [0.4, 0.5) is 5.13 Å². The highest BCUT2D eigenvalue weighted by molar-refractivity contribution is 7.14. The van der Waals surface area contributed by atoms with Crippen LogP contribution in [0.25, 0.3) is 11.3 Å². The van der Waals surface area contributed by atoms with Gasteiger partial charge in [-0.2, -0.15) is 0 Å². The topological polar surface area (TPSA) is 71.1 Å². The van der Waals surface area contributed by atoms with Gasteiger partial charge in [0.2, 0.25) is 11.8 Å². The van der Waals surface area contributed by atoms with Gasteiger partial charge in [-0.3, -0.25) is 9.59 Å². The van der Waals surface area contributed by atoms with Crippen LogP contribution < -0.4 is 10.6 Å². The van der Waals surface area contributed by atoms with E-state index in [1.54, 1.807) is 0 Å². The molecule has 0 saturated heterocycles. The van der Waals surface area contributed by atoms with Crippen molar-refractivity contribution in [2.24, 2.45) is 0 Å². The van der Waals surface area contributed by atoms with E-state index in [0.717, 1.165) is 28.8 Å². The molecule has 2 N–H and O–H groups in total. The summed E-state index contributed by atoms with van der Waals surface area (Å²) in [5.74, 6) is -0.0458. The fourth-order valence-corrected chi connectivity index (χ4v) is 3.51. The van der Waals surface area contributed by atoms with Gasteiger partial charge >= 0.3 is 0 Å². The van der Waals surface area contributed by atoms with Crippen molar-refractivity contribution in [2.75, 3.05) is 11.9 Å². The Bertz CT molecular complexity index is 920. The molecule has 1 aromatic heterocycles. The molecular formula is C22H23N3O2S. The predicted molar refractivity (Wildman–Crippen MR) is 113 cm³/mol. The van der Waals surface area contributed by atoms with E-state index in [0.29, 0.717) is 24.5 Å². The molecule has 0 atom stereocenters. The minimum Gasteiger partial charge on any atom is -0.356 e. The number of benzene rings is 2. The summed E-state index contributed by atoms with van der Waals surface area (Å²) in [6, 6.07) is 18.1. The Morgan fingerprint density at radius 1 is 0.964 bits per heavy atom. The van der Waals surface area contributed by atoms with E-state index in [1.807, 2.05) is 60.0 Å². The smallest absolute Gasteiger partial charge is 0.226 e. The number of nitrogens with one attached hydrogen (secondary N) is 2. The van der Waals surface area contributed by atoms with Crippen molar-refractivity contribution in [1.82, 2.24) is 10.3 Å². The fraction of sp³-hybridized carbons (Fsp3) is 0.227. The van der Waals surface area contributed by atoms with Gasteiger partial charge in [-0.1, -0.05) is 54.6 Å². The van der Waals surface area contributed by atoms with E-state index < -0.39 is 0 Å². The number of nitrogens with zero attached hydrogens (tertiary/aromatic N) is 1. The number of anilines is 1. The summed E-state index contributed by atoms with van der Waals surface area (Å²) in [4.78, 5) is 27.6. The molecule has 0 aliphatic heterocycles. The van der Waals surface area contributed by atoms with Gasteiger partial charge in [-0.15, -0.1) is 11.3 Å². The second-order valence-electron chi connectivity index (χ2n) is 6.50. The summed E-state index contributed by atoms with van der Waals surface area (Å²) in [7, 11) is 0. The minimum atomic E-state index is -0.0296. The lowest BCUT2D eigenvalue weighted by molar-refractivity contribution is -0.119. The normalized spacial score (nSPS) is 10.5. The van der Waals surface area contributed by atoms with Crippen LogP contribution in [0.5, 0.6) is 0 Å². The number of aryl methyl sites for hydroxylation is 1. The molecule has 0 unspecified atom stereocenters. The Morgan fingerprint density at radius 2 is 1.68 bits per heavy atom. The molecule has 5 nitrogen and oxygen atoms in total. The maximum absolute atomic E-state index is 12.2. The number of hydrogen-bond donors (Lipinski definition) is 2. The molecule has 0 aliphatic rings. The average molecular weight is 394 g/mol. The van der Waals surface area contributed by atoms with Crippen molar-refractivity contribution in [3.8, 4) is 11.3 Å². The third kappa shape index (κ3) is 6.03. The van der Waals surface area contributed by atoms with Crippen molar-refractivity contribution in [3.63, 3.8) is 0 Å². The minimum absolute atomic E-state index is 0.0163. The zero-order valence-electron chi connectivity index (χ0n) is 15.8. The first kappa shape index (κ1) is 19.8. The maximum atomic E-state index is 12.2. The quantitative estimate of drug-likeness (QED) is 0.606. The van der Waals surface area contributed by atoms with E-state index in [9.17, 15) is 9.59 Å². The van der Waals surface area contributed by atoms with Crippen LogP contribution in [0.15, 0.2) is 60.0 Å². The molecule has 0 radical (unpaired) electrons. The van der Waals surface area contributed by atoms with Crippen LogP contribution in [0.2, 0.25) is 0 Å². The summed E-state index contributed by atoms with van der Waals surface area (Å²) in [6.07, 6.45) is 1.94. The standard InChI is InChI=1S/C22H23N3O2S/c1-16(26)23-14-13-18-7-10-19(11-8-18)20-15-28-22(24-20)25-21(27)12-9-17-5-3-2-4-6-17/h2-8,10-11,15H,9,12-14H2,1H3,(H,23,26)(H,24,25,27). The highest BCUT2D eigenvalue weighted by Gasteiger charge is 2.08. The first-order valence-corrected chi connectivity index (χ1v) is 10.1. The summed E-state index contributed by atoms with van der Waals surface area (Å²) in [5, 5.41) is 8.23. The molecule has 2 amide bonds. The van der Waals surface area contributed by atoms with Gasteiger partial charge in [0.05, 0.1) is 5.69 Å². The SMILES string of the molecule is CC(=O)NCCc1ccc(-c2csc(NC(=O)CCc3ccccc3)n2)cc1. The summed E-state index contributed by atoms with van der Waals surface area (Å²) < 4.78 is 0. The Labute approximate surface area is 168 Å². The maximum Gasteiger partial charge on any atom is 0.226 e. The van der Waals surface area contributed by atoms with Crippen molar-refractivity contribution < 1.29 is 9.59 Å². The molecular weight excluding hydrogens is 370 g/mol. The van der Waals surface area contributed by atoms with Gasteiger partial charge < -0.3 is 10.6 Å². The van der Waals surface area contributed by atoms with Gasteiger partial charge in [0.1, 0.15) is 0 Å². The average Bonchev–Trinajstić information content (AvgIpc) is 3.16. The number of hydrogen-bond acceptors (Lipinski definition) is 4. The first-order valence-electron chi connectivity index (χ1n) is 9.23. The predicted octanol–water partition coefficient (Wildman–Crippen LogP) is 4.06. The van der Waals surface area contributed by atoms with Crippen LogP contribution in [0, 0.1) is 0 Å². The largest absolute Gasteiger partial charge is 0.356 e. The van der Waals surface area contributed by atoms with E-state index in [2.05, 4.69) is 15.6 Å². The number of thiazole rings is 1. The van der Waals surface area contributed by atoms with E-state index >= 15 is 0 Å². The van der Waals surface area contributed by atoms with Gasteiger partial charge in [-0.05, 0) is 24.0 Å². The molecule has 3 rings (SSSR count). The van der Waals surface area contributed by atoms with Crippen molar-refractivity contribution >= 4 is 28.3 Å². The molecule has 0 spiro atoms. The molecule has 0 aliphatic carbocycles. The summed E-state index contributed by atoms with van der Waals surface area (Å²) in [5.41, 5.74) is 4.15. The highest BCUT2D eigenvalue weighted by atomic mass is 32.1. The molecule has 0 saturated carbocycles. The van der Waals surface area contributed by atoms with Crippen LogP contribution >= 0.6 is 11.3 Å². The number of aromatic nitrogens is 1. The van der Waals surface area contributed by atoms with Crippen LogP contribution in [0.3, 0.4) is 0 Å². The Morgan fingerprint density at radius 3 is 2.39 bits per heavy atom. The van der Waals surface area contributed by atoms with Crippen LogP contribution in [0.1, 0.15) is 24.5 Å². The zero-order chi connectivity index (χ0) is 19.8. The summed E-state index contributed by atoms with van der Waals surface area (Å²) >= 11 is 1.43. The van der Waals surface area contributed by atoms with Gasteiger partial charge in [0, 0.05) is 30.8 Å². The summed E-state index contributed by atoms with van der Waals surface area (Å²) in [6.45, 7) is 2.15. The lowest BCUT2D eigenvalue weighted by atomic mass is 10.1. The molecule has 6 heteroatoms. The molecule has 28 heavy (non-hydrogen) atoms. The van der Waals surface area contributed by atoms with Crippen molar-refractivity contribution in [1.29, 1.82) is 0 Å². The Hall–Kier alpha value is -2.99. The molecule has 0 bridgehead atoms. The van der Waals surface area contributed by atoms with Crippen LogP contribution in [-0.4, -0.2) is 23.3 Å². The van der Waals surface area contributed by atoms with Crippen molar-refractivity contribution in [2.45, 2.75) is 26.2 Å². The van der Waals surface area contributed by atoms with Crippen molar-refractivity contribution in [3.05, 3.63) is 71.1 Å². The molecule has 2 aromatic carbocycles. The van der Waals surface area contributed by atoms with E-state index in [4.69, 9.17) is 0 Å². The third-order valence-corrected chi connectivity index (χ3v) is 5.03. The Balaban J connectivity index is 1.51. The second kappa shape index (κ2) is 9.80. The van der Waals surface area contributed by atoms with E-state index in [1.165, 1.54) is 18.3 Å². The molecule has 1 heterocycles. The molecule has 144 valence electrons. The molecule has 0 fully saturated rings. The molecule has 3 aromatic rings. The lowest BCUT2D eigenvalue weighted by Crippen LogP contribution is -2.22. The highest BCUT2D eigenvalue weighted by Crippen LogP contribution is 2.25. The first-order chi connectivity index (χ1) is 13.6.